The SMILES string of the molecule is CCNC(Cc1ccc(F)c(Cl)c1)CC1CCCC1. The Bertz CT molecular complexity index is 402. The fourth-order valence-corrected chi connectivity index (χ4v) is 3.33. The van der Waals surface area contributed by atoms with E-state index in [0.29, 0.717) is 6.04 Å². The van der Waals surface area contributed by atoms with Crippen molar-refractivity contribution < 1.29 is 4.39 Å². The number of hydrogen-bond acceptors (Lipinski definition) is 1. The van der Waals surface area contributed by atoms with Crippen LogP contribution in [0.4, 0.5) is 4.39 Å². The first-order valence-electron chi connectivity index (χ1n) is 7.36. The normalized spacial score (nSPS) is 17.8. The molecule has 19 heavy (non-hydrogen) atoms. The molecule has 0 aliphatic heterocycles. The van der Waals surface area contributed by atoms with Gasteiger partial charge in [-0.05, 0) is 43.0 Å². The first kappa shape index (κ1) is 14.8. The van der Waals surface area contributed by atoms with Gasteiger partial charge in [-0.15, -0.1) is 0 Å². The first-order chi connectivity index (χ1) is 9.19. The van der Waals surface area contributed by atoms with E-state index >= 15 is 0 Å². The summed E-state index contributed by atoms with van der Waals surface area (Å²) in [4.78, 5) is 0. The second kappa shape index (κ2) is 7.25. The number of hydrogen-bond donors (Lipinski definition) is 1. The topological polar surface area (TPSA) is 12.0 Å². The van der Waals surface area contributed by atoms with Crippen molar-refractivity contribution in [3.63, 3.8) is 0 Å². The molecule has 0 radical (unpaired) electrons. The summed E-state index contributed by atoms with van der Waals surface area (Å²) in [6.07, 6.45) is 7.66. The van der Waals surface area contributed by atoms with Crippen molar-refractivity contribution in [2.75, 3.05) is 6.54 Å². The van der Waals surface area contributed by atoms with Gasteiger partial charge in [-0.25, -0.2) is 4.39 Å². The van der Waals surface area contributed by atoms with Crippen molar-refractivity contribution in [3.05, 3.63) is 34.6 Å². The minimum absolute atomic E-state index is 0.230. The molecular formula is C16H23ClFN. The summed E-state index contributed by atoms with van der Waals surface area (Å²) in [6.45, 7) is 3.12. The molecule has 1 nitrogen and oxygen atoms in total. The first-order valence-corrected chi connectivity index (χ1v) is 7.74. The van der Waals surface area contributed by atoms with Crippen LogP contribution in [0.25, 0.3) is 0 Å². The highest BCUT2D eigenvalue weighted by Crippen LogP contribution is 2.29. The summed E-state index contributed by atoms with van der Waals surface area (Å²) in [5.74, 6) is 0.529. The number of rotatable bonds is 6. The van der Waals surface area contributed by atoms with Crippen LogP contribution in [0.1, 0.15) is 44.6 Å². The van der Waals surface area contributed by atoms with Gasteiger partial charge in [-0.2, -0.15) is 0 Å². The molecule has 1 aliphatic rings. The smallest absolute Gasteiger partial charge is 0.141 e. The van der Waals surface area contributed by atoms with E-state index in [1.807, 2.05) is 6.07 Å². The second-order valence-electron chi connectivity index (χ2n) is 5.59. The highest BCUT2D eigenvalue weighted by molar-refractivity contribution is 6.30. The maximum atomic E-state index is 13.2. The molecule has 106 valence electrons. The van der Waals surface area contributed by atoms with Crippen molar-refractivity contribution in [2.24, 2.45) is 5.92 Å². The predicted molar refractivity (Wildman–Crippen MR) is 79.2 cm³/mol. The number of benzene rings is 1. The molecule has 1 aromatic carbocycles. The summed E-state index contributed by atoms with van der Waals surface area (Å²) in [5.41, 5.74) is 1.12. The third kappa shape index (κ3) is 4.47. The highest BCUT2D eigenvalue weighted by atomic mass is 35.5. The Labute approximate surface area is 120 Å². The number of nitrogens with one attached hydrogen (secondary N) is 1. The molecule has 0 heterocycles. The molecule has 2 rings (SSSR count). The van der Waals surface area contributed by atoms with E-state index in [-0.39, 0.29) is 10.8 Å². The zero-order valence-corrected chi connectivity index (χ0v) is 12.3. The van der Waals surface area contributed by atoms with Crippen molar-refractivity contribution in [2.45, 2.75) is 51.5 Å². The van der Waals surface area contributed by atoms with Crippen molar-refractivity contribution in [1.29, 1.82) is 0 Å². The Morgan fingerprint density at radius 1 is 1.37 bits per heavy atom. The van der Waals surface area contributed by atoms with Gasteiger partial charge in [0.2, 0.25) is 0 Å². The third-order valence-electron chi connectivity index (χ3n) is 4.05. The van der Waals surface area contributed by atoms with Gasteiger partial charge in [0, 0.05) is 6.04 Å². The van der Waals surface area contributed by atoms with E-state index in [1.165, 1.54) is 38.2 Å². The minimum Gasteiger partial charge on any atom is -0.314 e. The molecule has 1 atom stereocenters. The Balaban J connectivity index is 1.96. The summed E-state index contributed by atoms with van der Waals surface area (Å²) >= 11 is 5.85. The molecule has 0 saturated heterocycles. The molecule has 1 fully saturated rings. The maximum Gasteiger partial charge on any atom is 0.141 e. The molecule has 1 unspecified atom stereocenters. The van der Waals surface area contributed by atoms with Gasteiger partial charge < -0.3 is 5.32 Å². The Morgan fingerprint density at radius 3 is 2.74 bits per heavy atom. The lowest BCUT2D eigenvalue weighted by Gasteiger charge is -2.21. The van der Waals surface area contributed by atoms with Crippen LogP contribution < -0.4 is 5.32 Å². The van der Waals surface area contributed by atoms with Crippen LogP contribution in [0.3, 0.4) is 0 Å². The monoisotopic (exact) mass is 283 g/mol. The van der Waals surface area contributed by atoms with E-state index < -0.39 is 0 Å². The molecular weight excluding hydrogens is 261 g/mol. The van der Waals surface area contributed by atoms with E-state index in [9.17, 15) is 4.39 Å². The van der Waals surface area contributed by atoms with Crippen LogP contribution in [-0.2, 0) is 6.42 Å². The lowest BCUT2D eigenvalue weighted by Crippen LogP contribution is -2.32. The molecule has 1 saturated carbocycles. The zero-order valence-electron chi connectivity index (χ0n) is 11.6. The van der Waals surface area contributed by atoms with Crippen LogP contribution in [0.5, 0.6) is 0 Å². The quantitative estimate of drug-likeness (QED) is 0.806. The van der Waals surface area contributed by atoms with E-state index in [1.54, 1.807) is 6.07 Å². The average Bonchev–Trinajstić information content (AvgIpc) is 2.87. The molecule has 1 aliphatic carbocycles. The average molecular weight is 284 g/mol. The summed E-state index contributed by atoms with van der Waals surface area (Å²) in [6, 6.07) is 5.56. The van der Waals surface area contributed by atoms with Crippen LogP contribution >= 0.6 is 11.6 Å². The third-order valence-corrected chi connectivity index (χ3v) is 4.34. The van der Waals surface area contributed by atoms with Gasteiger partial charge in [0.1, 0.15) is 5.82 Å². The second-order valence-corrected chi connectivity index (χ2v) is 6.00. The largest absolute Gasteiger partial charge is 0.314 e. The van der Waals surface area contributed by atoms with Gasteiger partial charge in [0.05, 0.1) is 5.02 Å². The van der Waals surface area contributed by atoms with E-state index in [4.69, 9.17) is 11.6 Å². The fraction of sp³-hybridized carbons (Fsp3) is 0.625. The Kier molecular flexibility index (Phi) is 5.65. The van der Waals surface area contributed by atoms with Crippen LogP contribution in [0, 0.1) is 11.7 Å². The molecule has 0 amide bonds. The standard InChI is InChI=1S/C16H23ClFN/c1-2-19-14(9-12-5-3-4-6-12)10-13-7-8-16(18)15(17)11-13/h7-8,11-12,14,19H,2-6,9-10H2,1H3. The summed E-state index contributed by atoms with van der Waals surface area (Å²) in [5, 5.41) is 3.79. The molecule has 0 bridgehead atoms. The van der Waals surface area contributed by atoms with Crippen LogP contribution in [-0.4, -0.2) is 12.6 Å². The number of likely N-dealkylation sites (N-methyl/N-ethyl adjacent to an activating group) is 1. The van der Waals surface area contributed by atoms with Crippen molar-refractivity contribution in [3.8, 4) is 0 Å². The lowest BCUT2D eigenvalue weighted by molar-refractivity contribution is 0.390. The fourth-order valence-electron chi connectivity index (χ4n) is 3.13. The molecule has 3 heteroatoms. The van der Waals surface area contributed by atoms with E-state index in [0.717, 1.165) is 24.4 Å². The highest BCUT2D eigenvalue weighted by Gasteiger charge is 2.20. The summed E-state index contributed by atoms with van der Waals surface area (Å²) < 4.78 is 13.2. The molecule has 1 aromatic rings. The van der Waals surface area contributed by atoms with Gasteiger partial charge >= 0.3 is 0 Å². The molecule has 1 N–H and O–H groups in total. The predicted octanol–water partition coefficient (Wildman–Crippen LogP) is 4.58. The van der Waals surface area contributed by atoms with Crippen LogP contribution in [0.2, 0.25) is 5.02 Å². The minimum atomic E-state index is -0.332. The summed E-state index contributed by atoms with van der Waals surface area (Å²) in [7, 11) is 0. The molecule has 0 aromatic heterocycles. The Morgan fingerprint density at radius 2 is 2.11 bits per heavy atom. The van der Waals surface area contributed by atoms with Gasteiger partial charge in [0.15, 0.2) is 0 Å². The van der Waals surface area contributed by atoms with Crippen molar-refractivity contribution in [1.82, 2.24) is 5.32 Å². The van der Waals surface area contributed by atoms with Gasteiger partial charge in [-0.1, -0.05) is 50.3 Å². The lowest BCUT2D eigenvalue weighted by atomic mass is 9.94. The zero-order chi connectivity index (χ0) is 13.7. The molecule has 0 spiro atoms. The Hall–Kier alpha value is -0.600. The number of halogens is 2. The van der Waals surface area contributed by atoms with Crippen molar-refractivity contribution >= 4 is 11.6 Å². The van der Waals surface area contributed by atoms with Crippen LogP contribution in [0.15, 0.2) is 18.2 Å². The van der Waals surface area contributed by atoms with Gasteiger partial charge in [-0.3, -0.25) is 0 Å². The van der Waals surface area contributed by atoms with E-state index in [2.05, 4.69) is 12.2 Å². The maximum absolute atomic E-state index is 13.2. The van der Waals surface area contributed by atoms with Gasteiger partial charge in [0.25, 0.3) is 0 Å².